The van der Waals surface area contributed by atoms with Gasteiger partial charge >= 0.3 is 5.63 Å². The monoisotopic (exact) mass is 511 g/mol. The van der Waals surface area contributed by atoms with Gasteiger partial charge in [0, 0.05) is 41.3 Å². The van der Waals surface area contributed by atoms with Gasteiger partial charge in [-0.2, -0.15) is 0 Å². The van der Waals surface area contributed by atoms with Gasteiger partial charge in [0.05, 0.1) is 24.9 Å². The molecule has 2 N–H and O–H groups in total. The third-order valence-electron chi connectivity index (χ3n) is 9.96. The quantitative estimate of drug-likeness (QED) is 0.620. The minimum atomic E-state index is -1.15. The Balaban J connectivity index is 1.42. The van der Waals surface area contributed by atoms with Crippen molar-refractivity contribution >= 4 is 0 Å². The smallest absolute Gasteiger partial charge is 0.345 e. The minimum absolute atomic E-state index is 0.00134. The summed E-state index contributed by atoms with van der Waals surface area (Å²) < 4.78 is 24.8. The average Bonchev–Trinajstić information content (AvgIpc) is 2.85. The van der Waals surface area contributed by atoms with Gasteiger partial charge in [-0.05, 0) is 49.7 Å². The van der Waals surface area contributed by atoms with E-state index in [1.165, 1.54) is 0 Å². The fourth-order valence-corrected chi connectivity index (χ4v) is 8.08. The van der Waals surface area contributed by atoms with Crippen LogP contribution in [0.4, 0.5) is 0 Å². The van der Waals surface area contributed by atoms with E-state index in [1.54, 1.807) is 30.6 Å². The molecule has 8 heteroatoms. The Morgan fingerprint density at radius 3 is 2.65 bits per heavy atom. The number of aliphatic hydroxyl groups excluding tert-OH is 2. The first kappa shape index (κ1) is 25.0. The van der Waals surface area contributed by atoms with Crippen LogP contribution >= 0.6 is 0 Å². The summed E-state index contributed by atoms with van der Waals surface area (Å²) in [5.41, 5.74) is -1.73. The lowest BCUT2D eigenvalue weighted by atomic mass is 9.42. The highest BCUT2D eigenvalue weighted by Crippen LogP contribution is 2.67. The SMILES string of the molecule is CC(C)[C@@H]1OC[C@@]2(C)[C@@H]3C[C@H](O)[C@@]4(C)Oc5cc(-c6cccnc6)oc(=O)c5[C@H](O)[C@@H]4[C@@]3(C)CC[C@@H]2O1. The number of pyridine rings is 1. The van der Waals surface area contributed by atoms with Gasteiger partial charge in [0.2, 0.25) is 0 Å². The molecule has 8 nitrogen and oxygen atoms in total. The Bertz CT molecular complexity index is 1250. The first-order chi connectivity index (χ1) is 17.5. The standard InChI is InChI=1S/C29H37NO7/c1-15(2)26-34-14-28(4)19-12-20(31)29(5)24(27(19,3)9-8-21(28)36-26)23(32)22-18(37-29)11-17(35-25(22)33)16-7-6-10-30-13-16/h6-7,10-11,13,15,19-21,23-24,26,31-32H,8-9,12,14H2,1-5H3/t19-,20+,21+,23+,24-,26-,27+,28+,29-/m1/s1. The van der Waals surface area contributed by atoms with Crippen molar-refractivity contribution in [1.82, 2.24) is 4.98 Å². The zero-order valence-corrected chi connectivity index (χ0v) is 22.1. The molecule has 200 valence electrons. The maximum atomic E-state index is 13.3. The van der Waals surface area contributed by atoms with Crippen LogP contribution in [0.2, 0.25) is 0 Å². The summed E-state index contributed by atoms with van der Waals surface area (Å²) in [4.78, 5) is 17.4. The zero-order valence-electron chi connectivity index (χ0n) is 22.1. The van der Waals surface area contributed by atoms with Crippen LogP contribution in [0.3, 0.4) is 0 Å². The second-order valence-electron chi connectivity index (χ2n) is 12.5. The summed E-state index contributed by atoms with van der Waals surface area (Å²) in [5.74, 6) is 0.297. The van der Waals surface area contributed by atoms with Crippen molar-refractivity contribution in [2.24, 2.45) is 28.6 Å². The average molecular weight is 512 g/mol. The van der Waals surface area contributed by atoms with Crippen LogP contribution in [0.15, 0.2) is 39.8 Å². The Labute approximate surface area is 217 Å². The Morgan fingerprint density at radius 2 is 1.95 bits per heavy atom. The highest BCUT2D eigenvalue weighted by molar-refractivity contribution is 5.59. The molecule has 0 radical (unpaired) electrons. The molecule has 2 aliphatic carbocycles. The maximum absolute atomic E-state index is 13.3. The second-order valence-corrected chi connectivity index (χ2v) is 12.5. The van der Waals surface area contributed by atoms with E-state index in [0.29, 0.717) is 24.4 Å². The molecule has 37 heavy (non-hydrogen) atoms. The number of hydrogen-bond donors (Lipinski definition) is 2. The lowest BCUT2D eigenvalue weighted by Crippen LogP contribution is -2.71. The molecular weight excluding hydrogens is 474 g/mol. The summed E-state index contributed by atoms with van der Waals surface area (Å²) in [6.07, 6.45) is 3.09. The van der Waals surface area contributed by atoms with E-state index in [-0.39, 0.29) is 41.0 Å². The van der Waals surface area contributed by atoms with Crippen molar-refractivity contribution in [2.75, 3.05) is 6.61 Å². The van der Waals surface area contributed by atoms with Crippen LogP contribution in [0, 0.1) is 28.6 Å². The topological polar surface area (TPSA) is 111 Å². The lowest BCUT2D eigenvalue weighted by Gasteiger charge is -2.67. The molecule has 0 unspecified atom stereocenters. The van der Waals surface area contributed by atoms with Gasteiger partial charge in [-0.25, -0.2) is 4.79 Å². The molecule has 4 heterocycles. The summed E-state index contributed by atoms with van der Waals surface area (Å²) >= 11 is 0. The van der Waals surface area contributed by atoms with E-state index in [2.05, 4.69) is 32.7 Å². The first-order valence-corrected chi connectivity index (χ1v) is 13.4. The molecule has 2 saturated carbocycles. The number of rotatable bonds is 2. The van der Waals surface area contributed by atoms with Crippen molar-refractivity contribution in [1.29, 1.82) is 0 Å². The number of hydrogen-bond acceptors (Lipinski definition) is 8. The zero-order chi connectivity index (χ0) is 26.3. The molecule has 2 aliphatic heterocycles. The Morgan fingerprint density at radius 1 is 1.16 bits per heavy atom. The third kappa shape index (κ3) is 3.49. The molecule has 9 atom stereocenters. The predicted molar refractivity (Wildman–Crippen MR) is 135 cm³/mol. The third-order valence-corrected chi connectivity index (χ3v) is 9.96. The molecule has 0 amide bonds. The number of nitrogens with zero attached hydrogens (tertiary/aromatic N) is 1. The van der Waals surface area contributed by atoms with Crippen molar-refractivity contribution in [3.05, 3.63) is 46.6 Å². The summed E-state index contributed by atoms with van der Waals surface area (Å²) in [6.45, 7) is 10.9. The van der Waals surface area contributed by atoms with Crippen molar-refractivity contribution < 1.29 is 28.8 Å². The number of ether oxygens (including phenoxy) is 3. The van der Waals surface area contributed by atoms with Gasteiger partial charge in [-0.15, -0.1) is 0 Å². The minimum Gasteiger partial charge on any atom is -0.484 e. The summed E-state index contributed by atoms with van der Waals surface area (Å²) in [7, 11) is 0. The van der Waals surface area contributed by atoms with Crippen molar-refractivity contribution in [2.45, 2.75) is 84.1 Å². The van der Waals surface area contributed by atoms with Crippen LogP contribution in [-0.4, -0.2) is 45.9 Å². The van der Waals surface area contributed by atoms with Gasteiger partial charge < -0.3 is 28.8 Å². The van der Waals surface area contributed by atoms with Crippen LogP contribution in [0.1, 0.15) is 65.5 Å². The normalized spacial score (nSPS) is 42.7. The molecule has 0 aromatic carbocycles. The van der Waals surface area contributed by atoms with Crippen LogP contribution < -0.4 is 10.4 Å². The fraction of sp³-hybridized carbons (Fsp3) is 0.655. The largest absolute Gasteiger partial charge is 0.484 e. The van der Waals surface area contributed by atoms with E-state index in [4.69, 9.17) is 18.6 Å². The first-order valence-electron chi connectivity index (χ1n) is 13.4. The molecule has 0 spiro atoms. The summed E-state index contributed by atoms with van der Waals surface area (Å²) in [6, 6.07) is 5.18. The van der Waals surface area contributed by atoms with Crippen molar-refractivity contribution in [3.8, 4) is 17.1 Å². The molecule has 3 fully saturated rings. The highest BCUT2D eigenvalue weighted by Gasteiger charge is 2.70. The van der Waals surface area contributed by atoms with Gasteiger partial charge in [-0.1, -0.05) is 27.7 Å². The number of fused-ring (bicyclic) bond motifs is 6. The van der Waals surface area contributed by atoms with Gasteiger partial charge in [0.25, 0.3) is 0 Å². The molecule has 1 saturated heterocycles. The Hall–Kier alpha value is -2.26. The van der Waals surface area contributed by atoms with E-state index in [1.807, 2.05) is 6.92 Å². The van der Waals surface area contributed by atoms with Gasteiger partial charge in [-0.3, -0.25) is 4.98 Å². The summed E-state index contributed by atoms with van der Waals surface area (Å²) in [5, 5.41) is 23.5. The van der Waals surface area contributed by atoms with Crippen LogP contribution in [0.5, 0.6) is 5.75 Å². The van der Waals surface area contributed by atoms with E-state index < -0.39 is 34.8 Å². The van der Waals surface area contributed by atoms with E-state index in [9.17, 15) is 15.0 Å². The number of aromatic nitrogens is 1. The van der Waals surface area contributed by atoms with E-state index >= 15 is 0 Å². The van der Waals surface area contributed by atoms with E-state index in [0.717, 1.165) is 12.8 Å². The molecule has 2 aromatic rings. The molecular formula is C29H37NO7. The number of aliphatic hydroxyl groups is 2. The molecule has 4 aliphatic rings. The second kappa shape index (κ2) is 8.37. The fourth-order valence-electron chi connectivity index (χ4n) is 8.08. The van der Waals surface area contributed by atoms with Gasteiger partial charge in [0.15, 0.2) is 6.29 Å². The maximum Gasteiger partial charge on any atom is 0.345 e. The Kier molecular flexibility index (Phi) is 5.66. The predicted octanol–water partition coefficient (Wildman–Crippen LogP) is 4.09. The molecule has 6 rings (SSSR count). The molecule has 2 aromatic heterocycles. The highest BCUT2D eigenvalue weighted by atomic mass is 16.7. The van der Waals surface area contributed by atoms with Crippen molar-refractivity contribution in [3.63, 3.8) is 0 Å². The van der Waals surface area contributed by atoms with Crippen LogP contribution in [0.25, 0.3) is 11.3 Å². The molecule has 0 bridgehead atoms. The lowest BCUT2D eigenvalue weighted by molar-refractivity contribution is -0.334. The van der Waals surface area contributed by atoms with Crippen LogP contribution in [-0.2, 0) is 9.47 Å². The van der Waals surface area contributed by atoms with Gasteiger partial charge in [0.1, 0.15) is 22.7 Å².